The normalized spacial score (nSPS) is 11.7. The van der Waals surface area contributed by atoms with Crippen LogP contribution in [0.4, 0.5) is 4.39 Å². The summed E-state index contributed by atoms with van der Waals surface area (Å²) < 4.78 is 13.5. The molecule has 1 atom stereocenters. The van der Waals surface area contributed by atoms with E-state index in [0.717, 1.165) is 11.1 Å². The van der Waals surface area contributed by atoms with Gasteiger partial charge in [-0.25, -0.2) is 4.39 Å². The molecule has 0 aromatic heterocycles. The topological polar surface area (TPSA) is 81.5 Å². The van der Waals surface area contributed by atoms with Crippen LogP contribution in [-0.2, 0) is 11.2 Å². The third-order valence-corrected chi connectivity index (χ3v) is 3.31. The van der Waals surface area contributed by atoms with Crippen molar-refractivity contribution in [1.29, 1.82) is 0 Å². The van der Waals surface area contributed by atoms with E-state index in [4.69, 9.17) is 11.5 Å². The third kappa shape index (κ3) is 4.15. The van der Waals surface area contributed by atoms with Gasteiger partial charge in [0.15, 0.2) is 5.96 Å². The Kier molecular flexibility index (Phi) is 4.88. The molecule has 0 heterocycles. The molecule has 4 nitrogen and oxygen atoms in total. The summed E-state index contributed by atoms with van der Waals surface area (Å²) in [7, 11) is 0. The fraction of sp³-hybridized carbons (Fsp3) is 0.176. The molecule has 114 valence electrons. The van der Waals surface area contributed by atoms with Gasteiger partial charge in [-0.1, -0.05) is 42.0 Å². The molecule has 2 rings (SSSR count). The molecule has 5 heteroatoms. The minimum atomic E-state index is -0.625. The zero-order valence-electron chi connectivity index (χ0n) is 12.3. The van der Waals surface area contributed by atoms with Crippen molar-refractivity contribution < 1.29 is 9.18 Å². The Bertz CT molecular complexity index is 709. The lowest BCUT2D eigenvalue weighted by molar-refractivity contribution is -0.119. The van der Waals surface area contributed by atoms with E-state index in [1.807, 2.05) is 31.2 Å². The highest BCUT2D eigenvalue weighted by Gasteiger charge is 2.21. The first-order chi connectivity index (χ1) is 10.5. The van der Waals surface area contributed by atoms with E-state index in [-0.39, 0.29) is 5.96 Å². The molecular formula is C17H18FN3O. The molecule has 2 aromatic rings. The Hall–Kier alpha value is -2.69. The average Bonchev–Trinajstić information content (AvgIpc) is 2.44. The highest BCUT2D eigenvalue weighted by atomic mass is 19.1. The van der Waals surface area contributed by atoms with Crippen LogP contribution in [0.5, 0.6) is 0 Å². The maximum absolute atomic E-state index is 13.5. The van der Waals surface area contributed by atoms with Crippen molar-refractivity contribution >= 4 is 11.9 Å². The second kappa shape index (κ2) is 6.85. The molecule has 0 unspecified atom stereocenters. The van der Waals surface area contributed by atoms with Gasteiger partial charge in [-0.2, -0.15) is 4.99 Å². The number of nitrogens with two attached hydrogens (primary N) is 2. The first kappa shape index (κ1) is 15.7. The number of guanidine groups is 1. The monoisotopic (exact) mass is 299 g/mol. The van der Waals surface area contributed by atoms with Crippen LogP contribution in [0, 0.1) is 12.7 Å². The van der Waals surface area contributed by atoms with Gasteiger partial charge in [0.2, 0.25) is 0 Å². The zero-order valence-corrected chi connectivity index (χ0v) is 12.3. The number of rotatable bonds is 4. The van der Waals surface area contributed by atoms with Gasteiger partial charge < -0.3 is 11.5 Å². The number of nitrogens with zero attached hydrogens (tertiary/aromatic N) is 1. The van der Waals surface area contributed by atoms with E-state index in [1.54, 1.807) is 12.1 Å². The van der Waals surface area contributed by atoms with Crippen LogP contribution in [0.25, 0.3) is 0 Å². The van der Waals surface area contributed by atoms with Crippen molar-refractivity contribution in [2.45, 2.75) is 19.3 Å². The van der Waals surface area contributed by atoms with E-state index in [1.165, 1.54) is 12.1 Å². The number of halogens is 1. The van der Waals surface area contributed by atoms with Crippen LogP contribution >= 0.6 is 0 Å². The molecular weight excluding hydrogens is 281 g/mol. The summed E-state index contributed by atoms with van der Waals surface area (Å²) in [6.45, 7) is 1.97. The van der Waals surface area contributed by atoms with Crippen LogP contribution in [0.15, 0.2) is 53.5 Å². The number of aryl methyl sites for hydroxylation is 1. The van der Waals surface area contributed by atoms with Crippen molar-refractivity contribution in [2.75, 3.05) is 0 Å². The lowest BCUT2D eigenvalue weighted by Crippen LogP contribution is -2.26. The number of benzene rings is 2. The van der Waals surface area contributed by atoms with Crippen LogP contribution in [-0.4, -0.2) is 11.9 Å². The summed E-state index contributed by atoms with van der Waals surface area (Å²) in [6, 6.07) is 13.7. The fourth-order valence-corrected chi connectivity index (χ4v) is 2.35. The van der Waals surface area contributed by atoms with Crippen LogP contribution < -0.4 is 11.5 Å². The van der Waals surface area contributed by atoms with Gasteiger partial charge in [-0.05, 0) is 36.6 Å². The fourth-order valence-electron chi connectivity index (χ4n) is 2.35. The Balaban J connectivity index is 2.37. The summed E-state index contributed by atoms with van der Waals surface area (Å²) in [5, 5.41) is 0. The van der Waals surface area contributed by atoms with Gasteiger partial charge in [0, 0.05) is 0 Å². The molecule has 0 saturated heterocycles. The molecule has 1 amide bonds. The lowest BCUT2D eigenvalue weighted by Gasteiger charge is -2.14. The Morgan fingerprint density at radius 3 is 2.55 bits per heavy atom. The second-order valence-corrected chi connectivity index (χ2v) is 5.18. The number of hydrogen-bond acceptors (Lipinski definition) is 1. The van der Waals surface area contributed by atoms with Crippen molar-refractivity contribution in [3.05, 3.63) is 71.0 Å². The Labute approximate surface area is 128 Å². The SMILES string of the molecule is Cc1cccc(C[C@@H](C(=O)N=C(N)N)c2cccc(F)c2)c1. The molecule has 22 heavy (non-hydrogen) atoms. The van der Waals surface area contributed by atoms with E-state index in [2.05, 4.69) is 4.99 Å². The summed E-state index contributed by atoms with van der Waals surface area (Å²) in [4.78, 5) is 15.9. The number of aliphatic imine (C=N–C) groups is 1. The minimum absolute atomic E-state index is 0.296. The number of amides is 1. The molecule has 2 aromatic carbocycles. The second-order valence-electron chi connectivity index (χ2n) is 5.18. The predicted molar refractivity (Wildman–Crippen MR) is 84.8 cm³/mol. The molecule has 0 aliphatic rings. The molecule has 0 saturated carbocycles. The van der Waals surface area contributed by atoms with E-state index < -0.39 is 17.6 Å². The molecule has 0 aliphatic carbocycles. The van der Waals surface area contributed by atoms with E-state index >= 15 is 0 Å². The molecule has 0 aliphatic heterocycles. The summed E-state index contributed by atoms with van der Waals surface area (Å²) in [6.07, 6.45) is 0.404. The molecule has 0 spiro atoms. The minimum Gasteiger partial charge on any atom is -0.370 e. The van der Waals surface area contributed by atoms with Crippen molar-refractivity contribution in [3.63, 3.8) is 0 Å². The predicted octanol–water partition coefficient (Wildman–Crippen LogP) is 2.26. The standard InChI is InChI=1S/C17H18FN3O/c1-11-4-2-5-12(8-11)9-15(16(22)21-17(19)20)13-6-3-7-14(18)10-13/h2-8,10,15H,9H2,1H3,(H4,19,20,21,22)/t15-/m1/s1. The van der Waals surface area contributed by atoms with Crippen LogP contribution in [0.1, 0.15) is 22.6 Å². The van der Waals surface area contributed by atoms with Gasteiger partial charge in [0.25, 0.3) is 5.91 Å². The number of carbonyl (C=O) groups is 1. The average molecular weight is 299 g/mol. The largest absolute Gasteiger partial charge is 0.370 e. The molecule has 0 radical (unpaired) electrons. The van der Waals surface area contributed by atoms with Gasteiger partial charge in [0.05, 0.1) is 5.92 Å². The summed E-state index contributed by atoms with van der Waals surface area (Å²) in [5.74, 6) is -1.80. The first-order valence-electron chi connectivity index (χ1n) is 6.90. The highest BCUT2D eigenvalue weighted by molar-refractivity contribution is 5.95. The maximum Gasteiger partial charge on any atom is 0.256 e. The molecule has 0 bridgehead atoms. The van der Waals surface area contributed by atoms with Crippen molar-refractivity contribution in [3.8, 4) is 0 Å². The molecule has 0 fully saturated rings. The highest BCUT2D eigenvalue weighted by Crippen LogP contribution is 2.24. The summed E-state index contributed by atoms with van der Waals surface area (Å²) >= 11 is 0. The Morgan fingerprint density at radius 2 is 1.91 bits per heavy atom. The Morgan fingerprint density at radius 1 is 1.18 bits per heavy atom. The van der Waals surface area contributed by atoms with Gasteiger partial charge >= 0.3 is 0 Å². The summed E-state index contributed by atoms with van der Waals surface area (Å²) in [5.41, 5.74) is 13.2. The quantitative estimate of drug-likeness (QED) is 0.671. The number of carbonyl (C=O) groups excluding carboxylic acids is 1. The number of hydrogen-bond donors (Lipinski definition) is 2. The van der Waals surface area contributed by atoms with Crippen molar-refractivity contribution in [1.82, 2.24) is 0 Å². The zero-order chi connectivity index (χ0) is 16.1. The van der Waals surface area contributed by atoms with Gasteiger partial charge in [-0.15, -0.1) is 0 Å². The maximum atomic E-state index is 13.5. The third-order valence-electron chi connectivity index (χ3n) is 3.31. The first-order valence-corrected chi connectivity index (χ1v) is 6.90. The van der Waals surface area contributed by atoms with E-state index in [0.29, 0.717) is 12.0 Å². The smallest absolute Gasteiger partial charge is 0.256 e. The van der Waals surface area contributed by atoms with Gasteiger partial charge in [-0.3, -0.25) is 4.79 Å². The van der Waals surface area contributed by atoms with Gasteiger partial charge in [0.1, 0.15) is 5.82 Å². The molecule has 4 N–H and O–H groups in total. The van der Waals surface area contributed by atoms with E-state index in [9.17, 15) is 9.18 Å². The van der Waals surface area contributed by atoms with Crippen molar-refractivity contribution in [2.24, 2.45) is 16.5 Å². The van der Waals surface area contributed by atoms with Crippen LogP contribution in [0.3, 0.4) is 0 Å². The van der Waals surface area contributed by atoms with Crippen LogP contribution in [0.2, 0.25) is 0 Å². The lowest BCUT2D eigenvalue weighted by atomic mass is 9.91.